The molecule has 8 nitrogen and oxygen atoms in total. The van der Waals surface area contributed by atoms with Crippen LogP contribution in [0.3, 0.4) is 0 Å². The number of phenols is 1. The topological polar surface area (TPSA) is 114 Å². The number of carbonyl (C=O) groups excluding carboxylic acids is 1. The summed E-state index contributed by atoms with van der Waals surface area (Å²) in [6.45, 7) is -0.374. The number of alkyl halides is 3. The predicted octanol–water partition coefficient (Wildman–Crippen LogP) is 3.35. The number of phenolic OH excluding ortho intramolecular Hbond substituents is 1. The summed E-state index contributed by atoms with van der Waals surface area (Å²) in [5.74, 6) is 11.3. The Hall–Kier alpha value is -3.18. The fraction of sp³-hybridized carbons (Fsp3) is 0.316. The Morgan fingerprint density at radius 2 is 1.90 bits per heavy atom. The molecule has 162 valence electrons. The van der Waals surface area contributed by atoms with Gasteiger partial charge in [0.05, 0.1) is 11.3 Å². The Bertz CT molecular complexity index is 932. The molecule has 0 radical (unpaired) electrons. The van der Waals surface area contributed by atoms with E-state index in [4.69, 9.17) is 16.4 Å². The van der Waals surface area contributed by atoms with Gasteiger partial charge in [-0.25, -0.2) is 21.5 Å². The molecule has 0 unspecified atom stereocenters. The van der Waals surface area contributed by atoms with Crippen molar-refractivity contribution in [3.8, 4) is 17.2 Å². The molecule has 5 N–H and O–H groups in total. The maximum atomic E-state index is 12.9. The van der Waals surface area contributed by atoms with Crippen LogP contribution in [0.5, 0.6) is 17.2 Å². The zero-order chi connectivity index (χ0) is 22.1. The average molecular weight is 426 g/mol. The van der Waals surface area contributed by atoms with Gasteiger partial charge in [0.1, 0.15) is 23.9 Å². The van der Waals surface area contributed by atoms with Crippen LogP contribution in [0.4, 0.5) is 23.7 Å². The van der Waals surface area contributed by atoms with Crippen molar-refractivity contribution < 1.29 is 32.5 Å². The predicted molar refractivity (Wildman–Crippen MR) is 102 cm³/mol. The largest absolute Gasteiger partial charge is 0.573 e. The number of amides is 2. The highest BCUT2D eigenvalue weighted by molar-refractivity contribution is 5.91. The van der Waals surface area contributed by atoms with Gasteiger partial charge in [-0.3, -0.25) is 5.01 Å². The second kappa shape index (κ2) is 8.28. The number of nitrogens with zero attached hydrogens (tertiary/aromatic N) is 2. The number of hydrazine groups is 2. The van der Waals surface area contributed by atoms with E-state index in [1.165, 1.54) is 31.3 Å². The quantitative estimate of drug-likeness (QED) is 0.371. The van der Waals surface area contributed by atoms with Gasteiger partial charge in [0.25, 0.3) is 0 Å². The third kappa shape index (κ3) is 5.05. The highest BCUT2D eigenvalue weighted by Gasteiger charge is 2.34. The van der Waals surface area contributed by atoms with Crippen LogP contribution in [0, 0.1) is 0 Å². The molecular formula is C19H21F3N4O4. The molecule has 1 aliphatic carbocycles. The van der Waals surface area contributed by atoms with Crippen molar-refractivity contribution in [2.45, 2.75) is 31.7 Å². The molecule has 3 rings (SSSR count). The van der Waals surface area contributed by atoms with E-state index in [-0.39, 0.29) is 29.5 Å². The first-order valence-electron chi connectivity index (χ1n) is 8.97. The molecule has 30 heavy (non-hydrogen) atoms. The lowest BCUT2D eigenvalue weighted by molar-refractivity contribution is -0.275. The summed E-state index contributed by atoms with van der Waals surface area (Å²) < 4.78 is 48.6. The molecule has 1 fully saturated rings. The number of hydrogen-bond acceptors (Lipinski definition) is 6. The molecule has 0 bridgehead atoms. The van der Waals surface area contributed by atoms with Crippen LogP contribution in [-0.2, 0) is 6.61 Å². The van der Waals surface area contributed by atoms with E-state index in [1.807, 2.05) is 0 Å². The number of benzene rings is 2. The summed E-state index contributed by atoms with van der Waals surface area (Å²) in [6, 6.07) is 7.37. The summed E-state index contributed by atoms with van der Waals surface area (Å²) in [6.07, 6.45) is -3.11. The molecule has 1 saturated carbocycles. The molecule has 2 amide bonds. The van der Waals surface area contributed by atoms with E-state index in [9.17, 15) is 23.1 Å². The maximum absolute atomic E-state index is 12.9. The van der Waals surface area contributed by atoms with Crippen LogP contribution in [0.15, 0.2) is 36.4 Å². The number of nitrogens with two attached hydrogens (primary N) is 2. The van der Waals surface area contributed by atoms with Gasteiger partial charge < -0.3 is 14.6 Å². The SMILES string of the molecule is CN(N)C(=O)N(N)c1cccc(OC(F)(F)F)c1COc1ccc(O)cc1C1CC1. The van der Waals surface area contributed by atoms with E-state index in [1.54, 1.807) is 6.07 Å². The Morgan fingerprint density at radius 1 is 1.20 bits per heavy atom. The minimum absolute atomic E-state index is 0.0641. The number of rotatable bonds is 6. The van der Waals surface area contributed by atoms with Gasteiger partial charge in [0.2, 0.25) is 0 Å². The molecule has 2 aromatic rings. The van der Waals surface area contributed by atoms with Crippen molar-refractivity contribution in [2.24, 2.45) is 11.7 Å². The minimum Gasteiger partial charge on any atom is -0.508 e. The molecule has 0 aromatic heterocycles. The van der Waals surface area contributed by atoms with Gasteiger partial charge in [0.15, 0.2) is 0 Å². The first-order chi connectivity index (χ1) is 14.1. The summed E-state index contributed by atoms with van der Waals surface area (Å²) in [7, 11) is 1.24. The van der Waals surface area contributed by atoms with E-state index < -0.39 is 18.1 Å². The van der Waals surface area contributed by atoms with Gasteiger partial charge >= 0.3 is 12.4 Å². The minimum atomic E-state index is -4.96. The standard InChI is InChI=1S/C19H21F3N4O4/c1-25(23)18(28)26(24)15-3-2-4-17(30-19(20,21)22)14(15)10-29-16-8-7-12(27)9-13(16)11-5-6-11/h2-4,7-9,11,27H,5-6,10,23-24H2,1H3. The highest BCUT2D eigenvalue weighted by Crippen LogP contribution is 2.46. The Morgan fingerprint density at radius 3 is 2.50 bits per heavy atom. The van der Waals surface area contributed by atoms with Crippen LogP contribution in [0.1, 0.15) is 29.9 Å². The first-order valence-corrected chi connectivity index (χ1v) is 8.97. The smallest absolute Gasteiger partial charge is 0.508 e. The number of ether oxygens (including phenoxy) is 2. The maximum Gasteiger partial charge on any atom is 0.573 e. The molecule has 0 atom stereocenters. The van der Waals surface area contributed by atoms with E-state index in [0.29, 0.717) is 15.8 Å². The normalized spacial score (nSPS) is 13.7. The Labute approximate surface area is 170 Å². The van der Waals surface area contributed by atoms with Crippen LogP contribution < -0.4 is 26.2 Å². The summed E-state index contributed by atoms with van der Waals surface area (Å²) in [5, 5.41) is 11.0. The second-order valence-corrected chi connectivity index (χ2v) is 6.85. The lowest BCUT2D eigenvalue weighted by Crippen LogP contribution is -2.49. The van der Waals surface area contributed by atoms with Gasteiger partial charge in [-0.15, -0.1) is 13.2 Å². The Kier molecular flexibility index (Phi) is 5.94. The lowest BCUT2D eigenvalue weighted by Gasteiger charge is -2.25. The third-order valence-corrected chi connectivity index (χ3v) is 4.48. The Balaban J connectivity index is 1.96. The van der Waals surface area contributed by atoms with E-state index in [2.05, 4.69) is 4.74 Å². The second-order valence-electron chi connectivity index (χ2n) is 6.85. The first kappa shape index (κ1) is 21.5. The van der Waals surface area contributed by atoms with Crippen LogP contribution in [0.2, 0.25) is 0 Å². The van der Waals surface area contributed by atoms with Crippen molar-refractivity contribution in [1.82, 2.24) is 5.01 Å². The van der Waals surface area contributed by atoms with Crippen molar-refractivity contribution in [1.29, 1.82) is 0 Å². The van der Waals surface area contributed by atoms with Gasteiger partial charge in [-0.2, -0.15) is 0 Å². The highest BCUT2D eigenvalue weighted by atomic mass is 19.4. The van der Waals surface area contributed by atoms with Crippen LogP contribution in [0.25, 0.3) is 0 Å². The number of hydrogen-bond donors (Lipinski definition) is 3. The molecule has 11 heteroatoms. The fourth-order valence-electron chi connectivity index (χ4n) is 2.95. The summed E-state index contributed by atoms with van der Waals surface area (Å²) in [4.78, 5) is 12.1. The zero-order valence-electron chi connectivity index (χ0n) is 16.0. The molecule has 0 saturated heterocycles. The number of carbonyl (C=O) groups is 1. The van der Waals surface area contributed by atoms with E-state index >= 15 is 0 Å². The van der Waals surface area contributed by atoms with Gasteiger partial charge in [0, 0.05) is 12.6 Å². The number of aromatic hydroxyl groups is 1. The molecule has 0 heterocycles. The van der Waals surface area contributed by atoms with Gasteiger partial charge in [-0.05, 0) is 49.1 Å². The molecule has 0 spiro atoms. The van der Waals surface area contributed by atoms with Gasteiger partial charge in [-0.1, -0.05) is 6.07 Å². The summed E-state index contributed by atoms with van der Waals surface area (Å²) >= 11 is 0. The van der Waals surface area contributed by atoms with Crippen LogP contribution >= 0.6 is 0 Å². The van der Waals surface area contributed by atoms with Crippen LogP contribution in [-0.4, -0.2) is 29.6 Å². The zero-order valence-corrected chi connectivity index (χ0v) is 16.0. The average Bonchev–Trinajstić information content (AvgIpc) is 3.50. The number of anilines is 1. The third-order valence-electron chi connectivity index (χ3n) is 4.48. The fourth-order valence-corrected chi connectivity index (χ4v) is 2.95. The van der Waals surface area contributed by atoms with Crippen molar-refractivity contribution >= 4 is 11.7 Å². The van der Waals surface area contributed by atoms with E-state index in [0.717, 1.165) is 24.5 Å². The van der Waals surface area contributed by atoms with Crippen molar-refractivity contribution in [3.05, 3.63) is 47.5 Å². The van der Waals surface area contributed by atoms with Crippen molar-refractivity contribution in [3.63, 3.8) is 0 Å². The monoisotopic (exact) mass is 426 g/mol. The summed E-state index contributed by atoms with van der Waals surface area (Å²) in [5.41, 5.74) is 0.598. The lowest BCUT2D eigenvalue weighted by atomic mass is 10.1. The number of halogens is 3. The molecule has 0 aliphatic heterocycles. The van der Waals surface area contributed by atoms with Crippen molar-refractivity contribution in [2.75, 3.05) is 12.1 Å². The number of urea groups is 1. The molecule has 2 aromatic carbocycles. The molecular weight excluding hydrogens is 405 g/mol. The molecule has 1 aliphatic rings.